The maximum atomic E-state index is 13.5. The summed E-state index contributed by atoms with van der Waals surface area (Å²) in [7, 11) is 0. The van der Waals surface area contributed by atoms with Crippen molar-refractivity contribution in [1.82, 2.24) is 9.97 Å². The van der Waals surface area contributed by atoms with Gasteiger partial charge in [0.2, 0.25) is 0 Å². The Labute approximate surface area is 88.1 Å². The number of halogens is 1. The molecule has 0 aromatic carbocycles. The molecule has 0 atom stereocenters. The number of nitrogens with zero attached hydrogens (tertiary/aromatic N) is 2. The van der Waals surface area contributed by atoms with Crippen molar-refractivity contribution in [3.63, 3.8) is 0 Å². The molecule has 1 aromatic rings. The van der Waals surface area contributed by atoms with Crippen molar-refractivity contribution < 1.29 is 4.39 Å². The number of aryl methyl sites for hydroxylation is 1. The minimum atomic E-state index is -0.388. The molecule has 1 fully saturated rings. The van der Waals surface area contributed by atoms with Crippen LogP contribution in [0, 0.1) is 12.7 Å². The molecule has 0 amide bonds. The Bertz CT molecular complexity index is 362. The summed E-state index contributed by atoms with van der Waals surface area (Å²) in [6, 6.07) is 0. The number of rotatable bonds is 3. The Kier molecular flexibility index (Phi) is 2.56. The van der Waals surface area contributed by atoms with Gasteiger partial charge in [0, 0.05) is 12.1 Å². The molecule has 0 saturated heterocycles. The number of anilines is 1. The van der Waals surface area contributed by atoms with Gasteiger partial charge < -0.3 is 11.1 Å². The Morgan fingerprint density at radius 1 is 1.53 bits per heavy atom. The number of nitrogens with two attached hydrogens (primary N) is 1. The largest absolute Gasteiger partial charge is 0.366 e. The second-order valence-electron chi connectivity index (χ2n) is 4.19. The first-order chi connectivity index (χ1) is 7.11. The van der Waals surface area contributed by atoms with E-state index in [0.717, 1.165) is 19.3 Å². The lowest BCUT2D eigenvalue weighted by molar-refractivity contribution is 0.265. The summed E-state index contributed by atoms with van der Waals surface area (Å²) in [6.45, 7) is 2.18. The third kappa shape index (κ3) is 2.07. The SMILES string of the molecule is Cc1ncnc(NCC2(N)CCC2)c1F. The molecule has 1 saturated carbocycles. The standard InChI is InChI=1S/C10H15FN4/c1-7-8(11)9(15-6-14-7)13-5-10(12)3-2-4-10/h6H,2-5,12H2,1H3,(H,13,14,15). The van der Waals surface area contributed by atoms with Crippen LogP contribution in [0.3, 0.4) is 0 Å². The highest BCUT2D eigenvalue weighted by Gasteiger charge is 2.32. The Morgan fingerprint density at radius 2 is 2.27 bits per heavy atom. The van der Waals surface area contributed by atoms with E-state index >= 15 is 0 Å². The van der Waals surface area contributed by atoms with Crippen LogP contribution in [0.25, 0.3) is 0 Å². The average molecular weight is 210 g/mol. The normalized spacial score (nSPS) is 18.3. The van der Waals surface area contributed by atoms with Crippen LogP contribution in [0.2, 0.25) is 0 Å². The van der Waals surface area contributed by atoms with E-state index in [1.54, 1.807) is 6.92 Å². The summed E-state index contributed by atoms with van der Waals surface area (Å²) in [5.74, 6) is -0.139. The maximum Gasteiger partial charge on any atom is 0.186 e. The summed E-state index contributed by atoms with van der Waals surface area (Å²) in [5, 5.41) is 2.95. The molecule has 2 rings (SSSR count). The van der Waals surface area contributed by atoms with Gasteiger partial charge in [-0.25, -0.2) is 14.4 Å². The van der Waals surface area contributed by atoms with Crippen LogP contribution in [0.4, 0.5) is 10.2 Å². The lowest BCUT2D eigenvalue weighted by Crippen LogP contribution is -2.52. The van der Waals surface area contributed by atoms with Crippen LogP contribution in [-0.2, 0) is 0 Å². The van der Waals surface area contributed by atoms with Gasteiger partial charge in [0.1, 0.15) is 6.33 Å². The van der Waals surface area contributed by atoms with Gasteiger partial charge in [-0.2, -0.15) is 0 Å². The van der Waals surface area contributed by atoms with Crippen LogP contribution in [-0.4, -0.2) is 22.1 Å². The highest BCUT2D eigenvalue weighted by atomic mass is 19.1. The quantitative estimate of drug-likeness (QED) is 0.787. The summed E-state index contributed by atoms with van der Waals surface area (Å²) < 4.78 is 13.5. The van der Waals surface area contributed by atoms with Gasteiger partial charge in [-0.1, -0.05) is 0 Å². The third-order valence-electron chi connectivity index (χ3n) is 2.92. The first kappa shape index (κ1) is 10.3. The third-order valence-corrected chi connectivity index (χ3v) is 2.92. The van der Waals surface area contributed by atoms with Crippen LogP contribution in [0.15, 0.2) is 6.33 Å². The zero-order valence-electron chi connectivity index (χ0n) is 8.76. The molecule has 0 bridgehead atoms. The fourth-order valence-corrected chi connectivity index (χ4v) is 1.65. The molecule has 5 heteroatoms. The van der Waals surface area contributed by atoms with Gasteiger partial charge >= 0.3 is 0 Å². The van der Waals surface area contributed by atoms with Crippen LogP contribution in [0.1, 0.15) is 25.0 Å². The highest BCUT2D eigenvalue weighted by molar-refractivity contribution is 5.37. The molecular weight excluding hydrogens is 195 g/mol. The summed E-state index contributed by atoms with van der Waals surface area (Å²) in [6.07, 6.45) is 4.49. The predicted octanol–water partition coefficient (Wildman–Crippen LogP) is 1.22. The van der Waals surface area contributed by atoms with E-state index in [0.29, 0.717) is 12.2 Å². The lowest BCUT2D eigenvalue weighted by atomic mass is 9.78. The molecule has 15 heavy (non-hydrogen) atoms. The van der Waals surface area contributed by atoms with Gasteiger partial charge in [0.05, 0.1) is 5.69 Å². The zero-order chi connectivity index (χ0) is 10.9. The summed E-state index contributed by atoms with van der Waals surface area (Å²) >= 11 is 0. The van der Waals surface area contributed by atoms with Crippen molar-refractivity contribution in [2.24, 2.45) is 5.73 Å². The number of nitrogens with one attached hydrogen (secondary N) is 1. The van der Waals surface area contributed by atoms with Gasteiger partial charge in [-0.05, 0) is 26.2 Å². The molecule has 3 N–H and O–H groups in total. The molecular formula is C10H15FN4. The van der Waals surface area contributed by atoms with E-state index in [9.17, 15) is 4.39 Å². The minimum absolute atomic E-state index is 0.175. The fraction of sp³-hybridized carbons (Fsp3) is 0.600. The number of aromatic nitrogens is 2. The molecule has 0 radical (unpaired) electrons. The maximum absolute atomic E-state index is 13.5. The Hall–Kier alpha value is -1.23. The topological polar surface area (TPSA) is 63.8 Å². The van der Waals surface area contributed by atoms with Gasteiger partial charge in [0.25, 0.3) is 0 Å². The number of hydrogen-bond donors (Lipinski definition) is 2. The molecule has 0 unspecified atom stereocenters. The lowest BCUT2D eigenvalue weighted by Gasteiger charge is -2.38. The predicted molar refractivity (Wildman–Crippen MR) is 56.0 cm³/mol. The molecule has 82 valence electrons. The summed E-state index contributed by atoms with van der Waals surface area (Å²) in [4.78, 5) is 7.61. The van der Waals surface area contributed by atoms with Crippen molar-refractivity contribution in [1.29, 1.82) is 0 Å². The van der Waals surface area contributed by atoms with Crippen molar-refractivity contribution in [3.8, 4) is 0 Å². The molecule has 0 aliphatic heterocycles. The van der Waals surface area contributed by atoms with E-state index in [1.165, 1.54) is 6.33 Å². The second kappa shape index (κ2) is 3.73. The van der Waals surface area contributed by atoms with Crippen molar-refractivity contribution >= 4 is 5.82 Å². The molecule has 0 spiro atoms. The van der Waals surface area contributed by atoms with E-state index in [-0.39, 0.29) is 17.2 Å². The van der Waals surface area contributed by atoms with E-state index in [2.05, 4.69) is 15.3 Å². The average Bonchev–Trinajstić information content (AvgIpc) is 2.17. The highest BCUT2D eigenvalue weighted by Crippen LogP contribution is 2.29. The van der Waals surface area contributed by atoms with E-state index < -0.39 is 0 Å². The molecule has 1 heterocycles. The van der Waals surface area contributed by atoms with Crippen LogP contribution >= 0.6 is 0 Å². The van der Waals surface area contributed by atoms with E-state index in [1.807, 2.05) is 0 Å². The minimum Gasteiger partial charge on any atom is -0.366 e. The van der Waals surface area contributed by atoms with Crippen molar-refractivity contribution in [2.45, 2.75) is 31.7 Å². The van der Waals surface area contributed by atoms with Crippen LogP contribution in [0.5, 0.6) is 0 Å². The Morgan fingerprint density at radius 3 is 2.87 bits per heavy atom. The molecule has 1 aliphatic rings. The van der Waals surface area contributed by atoms with Gasteiger partial charge in [0.15, 0.2) is 11.6 Å². The smallest absolute Gasteiger partial charge is 0.186 e. The molecule has 1 aromatic heterocycles. The number of hydrogen-bond acceptors (Lipinski definition) is 4. The van der Waals surface area contributed by atoms with Gasteiger partial charge in [-0.3, -0.25) is 0 Å². The monoisotopic (exact) mass is 210 g/mol. The first-order valence-electron chi connectivity index (χ1n) is 5.11. The Balaban J connectivity index is 2.01. The van der Waals surface area contributed by atoms with E-state index in [4.69, 9.17) is 5.73 Å². The molecule has 1 aliphatic carbocycles. The second-order valence-corrected chi connectivity index (χ2v) is 4.19. The fourth-order valence-electron chi connectivity index (χ4n) is 1.65. The van der Waals surface area contributed by atoms with Crippen molar-refractivity contribution in [2.75, 3.05) is 11.9 Å². The first-order valence-corrected chi connectivity index (χ1v) is 5.11. The van der Waals surface area contributed by atoms with Crippen LogP contribution < -0.4 is 11.1 Å². The zero-order valence-corrected chi connectivity index (χ0v) is 8.76. The van der Waals surface area contributed by atoms with Crippen molar-refractivity contribution in [3.05, 3.63) is 17.8 Å². The summed E-state index contributed by atoms with van der Waals surface area (Å²) in [5.41, 5.74) is 6.19. The van der Waals surface area contributed by atoms with Gasteiger partial charge in [-0.15, -0.1) is 0 Å². The molecule has 4 nitrogen and oxygen atoms in total.